The minimum Gasteiger partial charge on any atom is -0.237 e. The Kier molecular flexibility index (Phi) is 11.8. The molecule has 80 valence electrons. The minimum absolute atomic E-state index is 0.778. The van der Waals surface area contributed by atoms with Crippen LogP contribution in [-0.2, 0) is 9.78 Å². The molecule has 0 aromatic heterocycles. The monoisotopic (exact) mass is 188 g/mol. The molecule has 2 nitrogen and oxygen atoms in total. The molecule has 2 heteroatoms. The number of hydrogen-bond donors (Lipinski definition) is 0. The standard InChI is InChI=1S/C7H16.C4H8O2/c1-3-5-7-6-4-2;1-2-4-6-5-3-1/h3-7H2,1-2H3;1-4H2. The van der Waals surface area contributed by atoms with Crippen molar-refractivity contribution >= 4 is 0 Å². The maximum absolute atomic E-state index is 4.57. The van der Waals surface area contributed by atoms with Crippen molar-refractivity contribution in [1.82, 2.24) is 0 Å². The van der Waals surface area contributed by atoms with Crippen LogP contribution >= 0.6 is 0 Å². The molecule has 0 aromatic carbocycles. The van der Waals surface area contributed by atoms with Crippen LogP contribution in [0.5, 0.6) is 0 Å². The average molecular weight is 188 g/mol. The predicted octanol–water partition coefficient (Wildman–Crippen LogP) is 3.71. The average Bonchev–Trinajstić information content (AvgIpc) is 2.22. The Labute approximate surface area is 82.5 Å². The quantitative estimate of drug-likeness (QED) is 0.494. The molecule has 0 bridgehead atoms. The Morgan fingerprint density at radius 1 is 0.769 bits per heavy atom. The van der Waals surface area contributed by atoms with E-state index >= 15 is 0 Å². The van der Waals surface area contributed by atoms with E-state index in [1.807, 2.05) is 0 Å². The van der Waals surface area contributed by atoms with Gasteiger partial charge in [0.1, 0.15) is 0 Å². The molecule has 0 N–H and O–H groups in total. The van der Waals surface area contributed by atoms with Crippen molar-refractivity contribution in [2.75, 3.05) is 13.2 Å². The first-order valence-corrected chi connectivity index (χ1v) is 5.66. The van der Waals surface area contributed by atoms with Gasteiger partial charge in [0.2, 0.25) is 0 Å². The summed E-state index contributed by atoms with van der Waals surface area (Å²) >= 11 is 0. The summed E-state index contributed by atoms with van der Waals surface area (Å²) in [6, 6.07) is 0. The fraction of sp³-hybridized carbons (Fsp3) is 1.00. The molecule has 0 aliphatic carbocycles. The van der Waals surface area contributed by atoms with Crippen LogP contribution in [0.1, 0.15) is 58.8 Å². The van der Waals surface area contributed by atoms with Gasteiger partial charge in [-0.2, -0.15) is 0 Å². The van der Waals surface area contributed by atoms with Gasteiger partial charge in [0, 0.05) is 0 Å². The third-order valence-corrected chi connectivity index (χ3v) is 2.00. The fourth-order valence-corrected chi connectivity index (χ4v) is 1.12. The zero-order valence-electron chi connectivity index (χ0n) is 9.18. The third-order valence-electron chi connectivity index (χ3n) is 2.00. The van der Waals surface area contributed by atoms with Crippen LogP contribution in [-0.4, -0.2) is 13.2 Å². The minimum atomic E-state index is 0.778. The van der Waals surface area contributed by atoms with E-state index in [1.165, 1.54) is 32.1 Å². The van der Waals surface area contributed by atoms with Gasteiger partial charge < -0.3 is 0 Å². The van der Waals surface area contributed by atoms with E-state index in [0.717, 1.165) is 26.1 Å². The maximum atomic E-state index is 4.57. The second-order valence-electron chi connectivity index (χ2n) is 3.41. The molecular weight excluding hydrogens is 164 g/mol. The summed E-state index contributed by atoms with van der Waals surface area (Å²) in [5.41, 5.74) is 0. The van der Waals surface area contributed by atoms with Gasteiger partial charge >= 0.3 is 0 Å². The SMILES string of the molecule is C1CCOOC1.CCCCCCC. The van der Waals surface area contributed by atoms with Crippen molar-refractivity contribution in [2.24, 2.45) is 0 Å². The van der Waals surface area contributed by atoms with Gasteiger partial charge in [-0.15, -0.1) is 0 Å². The molecule has 1 rings (SSSR count). The van der Waals surface area contributed by atoms with Crippen LogP contribution in [0.3, 0.4) is 0 Å². The predicted molar refractivity (Wildman–Crippen MR) is 55.6 cm³/mol. The van der Waals surface area contributed by atoms with Gasteiger partial charge in [0.25, 0.3) is 0 Å². The molecule has 0 spiro atoms. The molecule has 1 saturated heterocycles. The number of unbranched alkanes of at least 4 members (excludes halogenated alkanes) is 4. The molecule has 0 radical (unpaired) electrons. The smallest absolute Gasteiger partial charge is 0.0823 e. The summed E-state index contributed by atoms with van der Waals surface area (Å²) < 4.78 is 0. The van der Waals surface area contributed by atoms with Crippen molar-refractivity contribution < 1.29 is 9.78 Å². The fourth-order valence-electron chi connectivity index (χ4n) is 1.12. The lowest BCUT2D eigenvalue weighted by molar-refractivity contribution is -0.312. The lowest BCUT2D eigenvalue weighted by Gasteiger charge is -2.07. The van der Waals surface area contributed by atoms with E-state index in [9.17, 15) is 0 Å². The van der Waals surface area contributed by atoms with Gasteiger partial charge in [-0.3, -0.25) is 0 Å². The van der Waals surface area contributed by atoms with Crippen LogP contribution in [0.15, 0.2) is 0 Å². The molecule has 1 aliphatic rings. The summed E-state index contributed by atoms with van der Waals surface area (Å²) in [4.78, 5) is 9.14. The Morgan fingerprint density at radius 3 is 1.46 bits per heavy atom. The normalized spacial score (nSPS) is 16.2. The summed E-state index contributed by atoms with van der Waals surface area (Å²) in [5, 5.41) is 0. The molecule has 0 aromatic rings. The molecule has 0 unspecified atom stereocenters. The van der Waals surface area contributed by atoms with Crippen molar-refractivity contribution in [3.05, 3.63) is 0 Å². The highest BCUT2D eigenvalue weighted by molar-refractivity contribution is 4.37. The summed E-state index contributed by atoms with van der Waals surface area (Å²) in [7, 11) is 0. The molecule has 0 atom stereocenters. The summed E-state index contributed by atoms with van der Waals surface area (Å²) in [6.07, 6.45) is 9.31. The topological polar surface area (TPSA) is 18.5 Å². The highest BCUT2D eigenvalue weighted by Gasteiger charge is 1.95. The van der Waals surface area contributed by atoms with Gasteiger partial charge in [-0.05, 0) is 12.8 Å². The first-order chi connectivity index (χ1) is 6.41. The van der Waals surface area contributed by atoms with E-state index in [2.05, 4.69) is 23.6 Å². The van der Waals surface area contributed by atoms with Crippen LogP contribution in [0.25, 0.3) is 0 Å². The third kappa shape index (κ3) is 11.9. The first-order valence-electron chi connectivity index (χ1n) is 5.66. The molecule has 1 fully saturated rings. The summed E-state index contributed by atoms with van der Waals surface area (Å²) in [6.45, 7) is 6.05. The molecule has 0 saturated carbocycles. The molecular formula is C11H24O2. The molecule has 0 amide bonds. The number of hydrogen-bond acceptors (Lipinski definition) is 2. The Balaban J connectivity index is 0.000000223. The van der Waals surface area contributed by atoms with Gasteiger partial charge in [-0.25, -0.2) is 9.78 Å². The van der Waals surface area contributed by atoms with Crippen LogP contribution < -0.4 is 0 Å². The van der Waals surface area contributed by atoms with Crippen molar-refractivity contribution in [2.45, 2.75) is 58.8 Å². The van der Waals surface area contributed by atoms with Crippen molar-refractivity contribution in [3.8, 4) is 0 Å². The Morgan fingerprint density at radius 2 is 1.23 bits per heavy atom. The van der Waals surface area contributed by atoms with Gasteiger partial charge in [0.05, 0.1) is 13.2 Å². The highest BCUT2D eigenvalue weighted by atomic mass is 17.2. The second kappa shape index (κ2) is 11.9. The van der Waals surface area contributed by atoms with E-state index < -0.39 is 0 Å². The first kappa shape index (κ1) is 12.9. The second-order valence-corrected chi connectivity index (χ2v) is 3.41. The zero-order chi connectivity index (χ0) is 9.78. The summed E-state index contributed by atoms with van der Waals surface area (Å²) in [5.74, 6) is 0. The molecule has 13 heavy (non-hydrogen) atoms. The maximum Gasteiger partial charge on any atom is 0.0823 e. The molecule has 1 heterocycles. The van der Waals surface area contributed by atoms with Crippen LogP contribution in [0.2, 0.25) is 0 Å². The molecule has 1 aliphatic heterocycles. The van der Waals surface area contributed by atoms with Crippen LogP contribution in [0, 0.1) is 0 Å². The zero-order valence-corrected chi connectivity index (χ0v) is 9.18. The lowest BCUT2D eigenvalue weighted by Crippen LogP contribution is -2.05. The van der Waals surface area contributed by atoms with E-state index in [1.54, 1.807) is 0 Å². The Hall–Kier alpha value is -0.0800. The number of rotatable bonds is 4. The van der Waals surface area contributed by atoms with Crippen molar-refractivity contribution in [1.29, 1.82) is 0 Å². The van der Waals surface area contributed by atoms with Crippen LogP contribution in [0.4, 0.5) is 0 Å². The highest BCUT2D eigenvalue weighted by Crippen LogP contribution is 2.00. The Bertz CT molecular complexity index is 64.6. The van der Waals surface area contributed by atoms with Gasteiger partial charge in [0.15, 0.2) is 0 Å². The van der Waals surface area contributed by atoms with Gasteiger partial charge in [-0.1, -0.05) is 46.0 Å². The van der Waals surface area contributed by atoms with E-state index in [4.69, 9.17) is 0 Å². The largest absolute Gasteiger partial charge is 0.237 e. The lowest BCUT2D eigenvalue weighted by atomic mass is 10.2. The van der Waals surface area contributed by atoms with E-state index in [-0.39, 0.29) is 0 Å². The van der Waals surface area contributed by atoms with Crippen molar-refractivity contribution in [3.63, 3.8) is 0 Å². The van der Waals surface area contributed by atoms with E-state index in [0.29, 0.717) is 0 Å².